The smallest absolute Gasteiger partial charge is 0.0974 e. The van der Waals surface area contributed by atoms with E-state index in [1.807, 2.05) is 0 Å². The summed E-state index contributed by atoms with van der Waals surface area (Å²) >= 11 is 0. The highest BCUT2D eigenvalue weighted by molar-refractivity contribution is 7.86. The third-order valence-electron chi connectivity index (χ3n) is 4.43. The van der Waals surface area contributed by atoms with Crippen LogP contribution in [0, 0.1) is 0 Å². The molecule has 22 heavy (non-hydrogen) atoms. The monoisotopic (exact) mass is 335 g/mol. The Morgan fingerprint density at radius 3 is 1.77 bits per heavy atom. The Bertz CT molecular complexity index is 344. The summed E-state index contributed by atoms with van der Waals surface area (Å²) < 4.78 is 32.5. The Hall–Kier alpha value is -0.130. The van der Waals surface area contributed by atoms with E-state index < -0.39 is 15.4 Å². The van der Waals surface area contributed by atoms with Crippen LogP contribution in [0.3, 0.4) is 0 Å². The molecule has 0 amide bonds. The van der Waals surface area contributed by atoms with Crippen LogP contribution in [-0.4, -0.2) is 38.4 Å². The number of rotatable bonds is 15. The van der Waals surface area contributed by atoms with E-state index in [4.69, 9.17) is 0 Å². The summed E-state index contributed by atoms with van der Waals surface area (Å²) in [5, 5.41) is -0.754. The van der Waals surface area contributed by atoms with Gasteiger partial charge in [-0.25, -0.2) is 8.42 Å². The van der Waals surface area contributed by atoms with Crippen LogP contribution in [0.15, 0.2) is 0 Å². The largest absolute Gasteiger partial charge is 0.748 e. The average Bonchev–Trinajstić information content (AvgIpc) is 2.45. The molecule has 134 valence electrons. The van der Waals surface area contributed by atoms with E-state index in [0.717, 1.165) is 13.1 Å². The predicted molar refractivity (Wildman–Crippen MR) is 92.2 cm³/mol. The van der Waals surface area contributed by atoms with Gasteiger partial charge in [-0.05, 0) is 19.8 Å². The molecule has 0 bridgehead atoms. The van der Waals surface area contributed by atoms with E-state index in [2.05, 4.69) is 14.0 Å². The number of hydrogen-bond donors (Lipinski definition) is 1. The third kappa shape index (κ3) is 13.5. The zero-order chi connectivity index (χ0) is 16.8. The molecule has 0 aromatic carbocycles. The first-order valence-corrected chi connectivity index (χ1v) is 10.6. The van der Waals surface area contributed by atoms with Gasteiger partial charge in [-0.15, -0.1) is 0 Å². The van der Waals surface area contributed by atoms with Crippen molar-refractivity contribution in [3.8, 4) is 0 Å². The third-order valence-corrected chi connectivity index (χ3v) is 5.65. The molecule has 0 spiro atoms. The van der Waals surface area contributed by atoms with Crippen molar-refractivity contribution in [3.05, 3.63) is 0 Å². The molecule has 0 radical (unpaired) electrons. The molecule has 0 fully saturated rings. The molecule has 4 nitrogen and oxygen atoms in total. The SMILES string of the molecule is CCCCCCCCCCCC[NH+](C)CCC(C)S(=O)(=O)[O-]. The van der Waals surface area contributed by atoms with Crippen LogP contribution >= 0.6 is 0 Å². The zero-order valence-corrected chi connectivity index (χ0v) is 15.7. The lowest BCUT2D eigenvalue weighted by Crippen LogP contribution is -3.09. The summed E-state index contributed by atoms with van der Waals surface area (Å²) in [4.78, 5) is 1.33. The van der Waals surface area contributed by atoms with Crippen molar-refractivity contribution in [1.82, 2.24) is 0 Å². The van der Waals surface area contributed by atoms with Gasteiger partial charge in [0.2, 0.25) is 0 Å². The predicted octanol–water partition coefficient (Wildman–Crippen LogP) is 2.75. The summed E-state index contributed by atoms with van der Waals surface area (Å²) in [5.41, 5.74) is 0. The fraction of sp³-hybridized carbons (Fsp3) is 1.00. The lowest BCUT2D eigenvalue weighted by atomic mass is 10.1. The van der Waals surface area contributed by atoms with Gasteiger partial charge >= 0.3 is 0 Å². The van der Waals surface area contributed by atoms with E-state index >= 15 is 0 Å². The molecule has 0 aliphatic rings. The Kier molecular flexibility index (Phi) is 13.2. The Morgan fingerprint density at radius 1 is 0.864 bits per heavy atom. The molecule has 0 saturated carbocycles. The van der Waals surface area contributed by atoms with Crippen molar-refractivity contribution in [2.24, 2.45) is 0 Å². The Morgan fingerprint density at radius 2 is 1.32 bits per heavy atom. The number of quaternary nitrogens is 1. The molecule has 5 heteroatoms. The molecule has 0 heterocycles. The molecular formula is C17H37NO3S. The molecule has 1 N–H and O–H groups in total. The van der Waals surface area contributed by atoms with Gasteiger partial charge in [-0.3, -0.25) is 0 Å². The van der Waals surface area contributed by atoms with E-state index in [1.165, 1.54) is 76.0 Å². The standard InChI is InChI=1S/C17H37NO3S/c1-4-5-6-7-8-9-10-11-12-13-15-18(3)16-14-17(2)22(19,20)21/h17H,4-16H2,1-3H3,(H,19,20,21). The maximum absolute atomic E-state index is 10.8. The number of hydrogen-bond acceptors (Lipinski definition) is 3. The molecule has 0 saturated heterocycles. The zero-order valence-electron chi connectivity index (χ0n) is 14.9. The van der Waals surface area contributed by atoms with Crippen molar-refractivity contribution in [1.29, 1.82) is 0 Å². The molecule has 0 aromatic heterocycles. The molecule has 0 aliphatic heterocycles. The minimum Gasteiger partial charge on any atom is -0.748 e. The van der Waals surface area contributed by atoms with Crippen LogP contribution in [0.2, 0.25) is 0 Å². The lowest BCUT2D eigenvalue weighted by Gasteiger charge is -2.19. The molecule has 0 aliphatic carbocycles. The molecule has 2 atom stereocenters. The summed E-state index contributed by atoms with van der Waals surface area (Å²) in [6.07, 6.45) is 13.8. The van der Waals surface area contributed by atoms with Crippen molar-refractivity contribution in [3.63, 3.8) is 0 Å². The van der Waals surface area contributed by atoms with Gasteiger partial charge in [0.1, 0.15) is 0 Å². The first-order valence-electron chi connectivity index (χ1n) is 9.14. The van der Waals surface area contributed by atoms with Crippen LogP contribution in [-0.2, 0) is 10.1 Å². The molecular weight excluding hydrogens is 298 g/mol. The van der Waals surface area contributed by atoms with Crippen molar-refractivity contribution in [2.75, 3.05) is 20.1 Å². The van der Waals surface area contributed by atoms with Crippen molar-refractivity contribution in [2.45, 2.75) is 89.7 Å². The Labute approximate surface area is 138 Å². The lowest BCUT2D eigenvalue weighted by molar-refractivity contribution is -0.880. The van der Waals surface area contributed by atoms with E-state index in [9.17, 15) is 13.0 Å². The quantitative estimate of drug-likeness (QED) is 0.370. The van der Waals surface area contributed by atoms with Crippen molar-refractivity contribution < 1.29 is 17.9 Å². The Balaban J connectivity index is 3.37. The van der Waals surface area contributed by atoms with Gasteiger partial charge in [-0.1, -0.05) is 58.3 Å². The van der Waals surface area contributed by atoms with Gasteiger partial charge in [0.25, 0.3) is 0 Å². The van der Waals surface area contributed by atoms with Gasteiger partial charge in [0.05, 0.1) is 35.5 Å². The van der Waals surface area contributed by atoms with Crippen LogP contribution in [0.5, 0.6) is 0 Å². The minimum atomic E-state index is -4.11. The highest BCUT2D eigenvalue weighted by Gasteiger charge is 2.12. The second-order valence-electron chi connectivity index (χ2n) is 6.73. The summed E-state index contributed by atoms with van der Waals surface area (Å²) in [6, 6.07) is 0. The maximum Gasteiger partial charge on any atom is 0.0974 e. The number of unbranched alkanes of at least 4 members (excludes halogenated alkanes) is 9. The fourth-order valence-corrected chi connectivity index (χ4v) is 3.04. The highest BCUT2D eigenvalue weighted by atomic mass is 32.2. The van der Waals surface area contributed by atoms with E-state index in [-0.39, 0.29) is 0 Å². The maximum atomic E-state index is 10.8. The second kappa shape index (κ2) is 13.3. The normalized spacial score (nSPS) is 14.9. The fourth-order valence-electron chi connectivity index (χ4n) is 2.63. The average molecular weight is 336 g/mol. The molecule has 2 unspecified atom stereocenters. The number of nitrogens with one attached hydrogen (secondary N) is 1. The minimum absolute atomic E-state index is 0.468. The van der Waals surface area contributed by atoms with Crippen LogP contribution in [0.1, 0.15) is 84.5 Å². The van der Waals surface area contributed by atoms with Gasteiger partial charge < -0.3 is 9.45 Å². The summed E-state index contributed by atoms with van der Waals surface area (Å²) in [7, 11) is -2.02. The molecule has 0 rings (SSSR count). The van der Waals surface area contributed by atoms with Gasteiger partial charge in [0, 0.05) is 6.42 Å². The summed E-state index contributed by atoms with van der Waals surface area (Å²) in [5.74, 6) is 0. The molecule has 0 aromatic rings. The second-order valence-corrected chi connectivity index (χ2v) is 8.52. The van der Waals surface area contributed by atoms with E-state index in [0.29, 0.717) is 6.42 Å². The first-order chi connectivity index (χ1) is 10.4. The summed E-state index contributed by atoms with van der Waals surface area (Å²) in [6.45, 7) is 5.59. The highest BCUT2D eigenvalue weighted by Crippen LogP contribution is 2.10. The van der Waals surface area contributed by atoms with Crippen LogP contribution < -0.4 is 4.90 Å². The van der Waals surface area contributed by atoms with Crippen LogP contribution in [0.25, 0.3) is 0 Å². The van der Waals surface area contributed by atoms with Gasteiger partial charge in [-0.2, -0.15) is 0 Å². The first kappa shape index (κ1) is 21.9. The van der Waals surface area contributed by atoms with Crippen LogP contribution in [0.4, 0.5) is 0 Å². The van der Waals surface area contributed by atoms with E-state index in [1.54, 1.807) is 0 Å². The van der Waals surface area contributed by atoms with Crippen molar-refractivity contribution >= 4 is 10.1 Å². The topological polar surface area (TPSA) is 61.6 Å². The van der Waals surface area contributed by atoms with Gasteiger partial charge in [0.15, 0.2) is 0 Å².